The molecule has 0 aromatic rings. The van der Waals surface area contributed by atoms with E-state index in [0.717, 1.165) is 31.5 Å². The second-order valence-corrected chi connectivity index (χ2v) is 5.28. The maximum atomic E-state index is 11.5. The Bertz CT molecular complexity index is 351. The minimum Gasteiger partial charge on any atom is -0.343 e. The van der Waals surface area contributed by atoms with Gasteiger partial charge < -0.3 is 15.5 Å². The molecule has 0 spiro atoms. The van der Waals surface area contributed by atoms with E-state index in [-0.39, 0.29) is 11.9 Å². The van der Waals surface area contributed by atoms with Gasteiger partial charge in [0.1, 0.15) is 0 Å². The van der Waals surface area contributed by atoms with Crippen molar-refractivity contribution < 1.29 is 9.59 Å². The molecular formula is C14H25N3O2. The summed E-state index contributed by atoms with van der Waals surface area (Å²) in [6.07, 6.45) is 4.18. The van der Waals surface area contributed by atoms with Crippen LogP contribution in [0.1, 0.15) is 40.0 Å². The molecule has 1 rings (SSSR count). The molecule has 0 atom stereocenters. The van der Waals surface area contributed by atoms with Crippen LogP contribution in [0.15, 0.2) is 11.8 Å². The number of likely N-dealkylation sites (tertiary alicyclic amines) is 1. The predicted octanol–water partition coefficient (Wildman–Crippen LogP) is 1.86. The van der Waals surface area contributed by atoms with E-state index in [1.165, 1.54) is 0 Å². The zero-order chi connectivity index (χ0) is 14.3. The Balaban J connectivity index is 2.10. The van der Waals surface area contributed by atoms with Crippen LogP contribution in [-0.4, -0.2) is 36.5 Å². The molecule has 0 unspecified atom stereocenters. The first-order valence-electron chi connectivity index (χ1n) is 6.99. The van der Waals surface area contributed by atoms with Crippen LogP contribution in [0.25, 0.3) is 0 Å². The average Bonchev–Trinajstić information content (AvgIpc) is 2.77. The molecule has 1 aliphatic rings. The van der Waals surface area contributed by atoms with Crippen molar-refractivity contribution in [1.82, 2.24) is 15.5 Å². The molecule has 1 aliphatic heterocycles. The zero-order valence-corrected chi connectivity index (χ0v) is 12.2. The normalized spacial score (nSPS) is 16.1. The number of carbonyl (C=O) groups excluding carboxylic acids is 2. The van der Waals surface area contributed by atoms with Crippen LogP contribution in [0.3, 0.4) is 0 Å². The van der Waals surface area contributed by atoms with Gasteiger partial charge in [-0.3, -0.25) is 4.79 Å². The van der Waals surface area contributed by atoms with Gasteiger partial charge in [0.05, 0.1) is 0 Å². The number of hydrogen-bond acceptors (Lipinski definition) is 2. The topological polar surface area (TPSA) is 61.4 Å². The highest BCUT2D eigenvalue weighted by molar-refractivity contribution is 5.78. The van der Waals surface area contributed by atoms with Crippen LogP contribution in [0.4, 0.5) is 4.79 Å². The molecule has 5 nitrogen and oxygen atoms in total. The summed E-state index contributed by atoms with van der Waals surface area (Å²) in [5.41, 5.74) is 1.14. The minimum absolute atomic E-state index is 0.187. The third kappa shape index (κ3) is 5.77. The van der Waals surface area contributed by atoms with Crippen LogP contribution in [0.5, 0.6) is 0 Å². The van der Waals surface area contributed by atoms with Crippen LogP contribution < -0.4 is 10.6 Å². The molecular weight excluding hydrogens is 242 g/mol. The Kier molecular flexibility index (Phi) is 6.39. The smallest absolute Gasteiger partial charge is 0.318 e. The molecule has 1 saturated heterocycles. The van der Waals surface area contributed by atoms with Gasteiger partial charge in [-0.2, -0.15) is 0 Å². The van der Waals surface area contributed by atoms with Crippen molar-refractivity contribution in [3.63, 3.8) is 0 Å². The molecule has 2 N–H and O–H groups in total. The molecule has 19 heavy (non-hydrogen) atoms. The van der Waals surface area contributed by atoms with Crippen LogP contribution >= 0.6 is 0 Å². The van der Waals surface area contributed by atoms with E-state index >= 15 is 0 Å². The lowest BCUT2D eigenvalue weighted by atomic mass is 10.1. The van der Waals surface area contributed by atoms with Gasteiger partial charge in [-0.15, -0.1) is 0 Å². The number of urea groups is 1. The van der Waals surface area contributed by atoms with E-state index in [1.807, 2.05) is 11.8 Å². The molecule has 0 bridgehead atoms. The fourth-order valence-corrected chi connectivity index (χ4v) is 1.81. The third-order valence-corrected chi connectivity index (χ3v) is 3.40. The summed E-state index contributed by atoms with van der Waals surface area (Å²) < 4.78 is 0. The molecule has 5 heteroatoms. The molecule has 1 fully saturated rings. The van der Waals surface area contributed by atoms with Crippen molar-refractivity contribution in [2.24, 2.45) is 5.92 Å². The number of amides is 3. The van der Waals surface area contributed by atoms with Crippen molar-refractivity contribution in [2.45, 2.75) is 40.0 Å². The quantitative estimate of drug-likeness (QED) is 0.722. The maximum Gasteiger partial charge on any atom is 0.318 e. The fraction of sp³-hybridized carbons (Fsp3) is 0.714. The monoisotopic (exact) mass is 267 g/mol. The largest absolute Gasteiger partial charge is 0.343 e. The van der Waals surface area contributed by atoms with Gasteiger partial charge in [0.25, 0.3) is 0 Å². The fourth-order valence-electron chi connectivity index (χ4n) is 1.81. The van der Waals surface area contributed by atoms with Gasteiger partial charge in [0.15, 0.2) is 0 Å². The van der Waals surface area contributed by atoms with E-state index < -0.39 is 0 Å². The second-order valence-electron chi connectivity index (χ2n) is 5.28. The zero-order valence-electron chi connectivity index (χ0n) is 12.2. The van der Waals surface area contributed by atoms with Gasteiger partial charge in [0.2, 0.25) is 5.91 Å². The highest BCUT2D eigenvalue weighted by Gasteiger charge is 2.18. The molecule has 0 aliphatic carbocycles. The molecule has 108 valence electrons. The lowest BCUT2D eigenvalue weighted by molar-refractivity contribution is -0.127. The van der Waals surface area contributed by atoms with Gasteiger partial charge in [0, 0.05) is 32.3 Å². The van der Waals surface area contributed by atoms with Crippen molar-refractivity contribution in [3.05, 3.63) is 11.8 Å². The van der Waals surface area contributed by atoms with E-state index in [4.69, 9.17) is 0 Å². The molecule has 0 aromatic heterocycles. The number of nitrogens with zero attached hydrogens (tertiary/aromatic N) is 1. The summed E-state index contributed by atoms with van der Waals surface area (Å²) in [6, 6.07) is -0.187. The van der Waals surface area contributed by atoms with Gasteiger partial charge in [-0.05, 0) is 25.7 Å². The number of hydrogen-bond donors (Lipinski definition) is 2. The van der Waals surface area contributed by atoms with Gasteiger partial charge in [-0.1, -0.05) is 19.4 Å². The molecule has 1 heterocycles. The van der Waals surface area contributed by atoms with Crippen LogP contribution in [0.2, 0.25) is 0 Å². The molecule has 0 saturated carbocycles. The van der Waals surface area contributed by atoms with Crippen LogP contribution in [0, 0.1) is 5.92 Å². The summed E-state index contributed by atoms with van der Waals surface area (Å²) in [4.78, 5) is 24.7. The average molecular weight is 267 g/mol. The number of nitrogens with one attached hydrogen (secondary N) is 2. The lowest BCUT2D eigenvalue weighted by Gasteiger charge is -2.15. The van der Waals surface area contributed by atoms with Crippen molar-refractivity contribution in [1.29, 1.82) is 0 Å². The standard InChI is InChI=1S/C14H25N3O2/c1-11(2)12(3)10-16-14(19)15-7-5-9-17-8-4-6-13(17)18/h10-11H,4-9H2,1-3H3,(H2,15,16,19)/b12-10+. The lowest BCUT2D eigenvalue weighted by Crippen LogP contribution is -2.35. The Morgan fingerprint density at radius 3 is 2.79 bits per heavy atom. The first-order valence-corrected chi connectivity index (χ1v) is 6.99. The number of rotatable bonds is 6. The second kappa shape index (κ2) is 7.81. The van der Waals surface area contributed by atoms with Crippen molar-refractivity contribution >= 4 is 11.9 Å². The molecule has 0 aromatic carbocycles. The van der Waals surface area contributed by atoms with E-state index in [0.29, 0.717) is 18.9 Å². The Labute approximate surface area is 115 Å². The SMILES string of the molecule is C/C(=C\NC(=O)NCCCN1CCCC1=O)C(C)C. The summed E-state index contributed by atoms with van der Waals surface area (Å²) in [7, 11) is 0. The van der Waals surface area contributed by atoms with Gasteiger partial charge in [-0.25, -0.2) is 4.79 Å². The summed E-state index contributed by atoms with van der Waals surface area (Å²) >= 11 is 0. The van der Waals surface area contributed by atoms with E-state index in [2.05, 4.69) is 24.5 Å². The summed E-state index contributed by atoms with van der Waals surface area (Å²) in [6.45, 7) is 8.34. The summed E-state index contributed by atoms with van der Waals surface area (Å²) in [5.74, 6) is 0.668. The Morgan fingerprint density at radius 2 is 2.21 bits per heavy atom. The molecule has 3 amide bonds. The Hall–Kier alpha value is -1.52. The van der Waals surface area contributed by atoms with Crippen LogP contribution in [-0.2, 0) is 4.79 Å². The minimum atomic E-state index is -0.187. The number of carbonyl (C=O) groups is 2. The first kappa shape index (κ1) is 15.5. The van der Waals surface area contributed by atoms with E-state index in [9.17, 15) is 9.59 Å². The van der Waals surface area contributed by atoms with E-state index in [1.54, 1.807) is 6.20 Å². The Morgan fingerprint density at radius 1 is 1.47 bits per heavy atom. The highest BCUT2D eigenvalue weighted by atomic mass is 16.2. The molecule has 0 radical (unpaired) electrons. The summed E-state index contributed by atoms with van der Waals surface area (Å²) in [5, 5.41) is 5.49. The first-order chi connectivity index (χ1) is 9.00. The highest BCUT2D eigenvalue weighted by Crippen LogP contribution is 2.09. The maximum absolute atomic E-state index is 11.5. The third-order valence-electron chi connectivity index (χ3n) is 3.40. The number of allylic oxidation sites excluding steroid dienone is 1. The predicted molar refractivity (Wildman–Crippen MR) is 75.6 cm³/mol. The van der Waals surface area contributed by atoms with Crippen molar-refractivity contribution in [2.75, 3.05) is 19.6 Å². The van der Waals surface area contributed by atoms with Crippen molar-refractivity contribution in [3.8, 4) is 0 Å². The van der Waals surface area contributed by atoms with Gasteiger partial charge >= 0.3 is 6.03 Å².